The molecule has 3 N–H and O–H groups in total. The molecule has 14 heavy (non-hydrogen) atoms. The summed E-state index contributed by atoms with van der Waals surface area (Å²) in [6.45, 7) is 5.41. The lowest BCUT2D eigenvalue weighted by Gasteiger charge is -2.19. The second-order valence-corrected chi connectivity index (χ2v) is 4.55. The van der Waals surface area contributed by atoms with E-state index in [0.717, 1.165) is 0 Å². The molecule has 4 heteroatoms. The summed E-state index contributed by atoms with van der Waals surface area (Å²) in [6.07, 6.45) is 1.13. The molecule has 0 saturated carbocycles. The number of hydrogen-bond donors (Lipinski definition) is 2. The molecule has 1 aliphatic carbocycles. The molecule has 0 spiro atoms. The first kappa shape index (κ1) is 11.2. The molecule has 0 aromatic carbocycles. The van der Waals surface area contributed by atoms with Crippen LogP contribution in [-0.2, 0) is 9.53 Å². The first-order valence-electron chi connectivity index (χ1n) is 4.67. The van der Waals surface area contributed by atoms with Crippen LogP contribution >= 0.6 is 0 Å². The van der Waals surface area contributed by atoms with Crippen molar-refractivity contribution in [3.05, 3.63) is 11.6 Å². The molecule has 0 aromatic heterocycles. The van der Waals surface area contributed by atoms with Gasteiger partial charge in [-0.1, -0.05) is 0 Å². The molecule has 0 amide bonds. The van der Waals surface area contributed by atoms with Gasteiger partial charge >= 0.3 is 5.97 Å². The predicted molar refractivity (Wildman–Crippen MR) is 52.5 cm³/mol. The molecule has 0 fully saturated rings. The quantitative estimate of drug-likeness (QED) is 0.597. The summed E-state index contributed by atoms with van der Waals surface area (Å²) >= 11 is 0. The first-order valence-corrected chi connectivity index (χ1v) is 4.67. The lowest BCUT2D eigenvalue weighted by atomic mass is 10.1. The fourth-order valence-corrected chi connectivity index (χ4v) is 1.27. The Labute approximate surface area is 83.7 Å². The van der Waals surface area contributed by atoms with Gasteiger partial charge in [0.1, 0.15) is 5.60 Å². The summed E-state index contributed by atoms with van der Waals surface area (Å²) in [4.78, 5) is 11.5. The molecular weight excluding hydrogens is 182 g/mol. The molecule has 0 bridgehead atoms. The number of carbonyl (C=O) groups excluding carboxylic acids is 1. The largest absolute Gasteiger partial charge is 0.457 e. The Bertz CT molecular complexity index is 265. The number of aliphatic hydroxyl groups excluding tert-OH is 1. The summed E-state index contributed by atoms with van der Waals surface area (Å²) in [5.41, 5.74) is 5.53. The molecule has 0 aliphatic heterocycles. The van der Waals surface area contributed by atoms with Crippen LogP contribution in [0.4, 0.5) is 0 Å². The lowest BCUT2D eigenvalue weighted by molar-refractivity contribution is -0.150. The Kier molecular flexibility index (Phi) is 2.97. The highest BCUT2D eigenvalue weighted by molar-refractivity contribution is 5.89. The van der Waals surface area contributed by atoms with E-state index in [-0.39, 0.29) is 12.0 Å². The van der Waals surface area contributed by atoms with Gasteiger partial charge in [0.05, 0.1) is 6.10 Å². The summed E-state index contributed by atoms with van der Waals surface area (Å²) in [5, 5.41) is 9.31. The normalized spacial score (nSPS) is 27.4. The third-order valence-electron chi connectivity index (χ3n) is 1.93. The van der Waals surface area contributed by atoms with E-state index in [1.54, 1.807) is 20.8 Å². The van der Waals surface area contributed by atoms with Gasteiger partial charge in [0, 0.05) is 11.6 Å². The highest BCUT2D eigenvalue weighted by Crippen LogP contribution is 2.21. The van der Waals surface area contributed by atoms with Crippen molar-refractivity contribution in [3.63, 3.8) is 0 Å². The number of carbonyl (C=O) groups is 1. The Morgan fingerprint density at radius 3 is 2.57 bits per heavy atom. The number of esters is 1. The van der Waals surface area contributed by atoms with Crippen LogP contribution in [0.2, 0.25) is 0 Å². The highest BCUT2D eigenvalue weighted by Gasteiger charge is 2.29. The number of hydrogen-bond acceptors (Lipinski definition) is 4. The minimum atomic E-state index is -0.725. The van der Waals surface area contributed by atoms with E-state index in [2.05, 4.69) is 0 Å². The van der Waals surface area contributed by atoms with E-state index in [0.29, 0.717) is 12.0 Å². The van der Waals surface area contributed by atoms with Gasteiger partial charge in [-0.25, -0.2) is 4.79 Å². The number of aliphatic hydroxyl groups is 1. The number of rotatable bonds is 1. The zero-order valence-electron chi connectivity index (χ0n) is 8.78. The van der Waals surface area contributed by atoms with Crippen molar-refractivity contribution in [1.29, 1.82) is 0 Å². The van der Waals surface area contributed by atoms with E-state index < -0.39 is 11.7 Å². The summed E-state index contributed by atoms with van der Waals surface area (Å²) in [5.74, 6) is -0.385. The van der Waals surface area contributed by atoms with Gasteiger partial charge < -0.3 is 15.6 Å². The van der Waals surface area contributed by atoms with Crippen molar-refractivity contribution in [2.75, 3.05) is 0 Å². The Morgan fingerprint density at radius 2 is 2.21 bits per heavy atom. The van der Waals surface area contributed by atoms with Crippen LogP contribution < -0.4 is 5.73 Å². The third-order valence-corrected chi connectivity index (χ3v) is 1.93. The second-order valence-electron chi connectivity index (χ2n) is 4.55. The minimum Gasteiger partial charge on any atom is -0.457 e. The monoisotopic (exact) mass is 199 g/mol. The predicted octanol–water partition coefficient (Wildman–Crippen LogP) is 0.346. The van der Waals surface area contributed by atoms with E-state index in [1.807, 2.05) is 0 Å². The van der Waals surface area contributed by atoms with Crippen molar-refractivity contribution in [2.45, 2.75) is 44.9 Å². The maximum absolute atomic E-state index is 11.5. The van der Waals surface area contributed by atoms with Crippen LogP contribution in [0.1, 0.15) is 27.2 Å². The maximum atomic E-state index is 11.5. The highest BCUT2D eigenvalue weighted by atomic mass is 16.6. The Hall–Kier alpha value is -0.870. The molecule has 1 aliphatic rings. The van der Waals surface area contributed by atoms with Crippen LogP contribution in [0.25, 0.3) is 0 Å². The molecule has 0 radical (unpaired) electrons. The van der Waals surface area contributed by atoms with Crippen LogP contribution in [-0.4, -0.2) is 28.8 Å². The van der Waals surface area contributed by atoms with E-state index in [4.69, 9.17) is 10.5 Å². The van der Waals surface area contributed by atoms with Gasteiger partial charge in [-0.3, -0.25) is 0 Å². The van der Waals surface area contributed by atoms with Crippen LogP contribution in [0.3, 0.4) is 0 Å². The van der Waals surface area contributed by atoms with Crippen molar-refractivity contribution >= 4 is 5.97 Å². The van der Waals surface area contributed by atoms with Crippen LogP contribution in [0.15, 0.2) is 11.6 Å². The summed E-state index contributed by atoms with van der Waals surface area (Å²) in [6, 6.07) is -0.377. The Morgan fingerprint density at radius 1 is 1.64 bits per heavy atom. The third kappa shape index (κ3) is 2.82. The average Bonchev–Trinajstić information content (AvgIpc) is 2.28. The number of nitrogens with two attached hydrogens (primary N) is 1. The van der Waals surface area contributed by atoms with Gasteiger partial charge in [0.25, 0.3) is 0 Å². The summed E-state index contributed by atoms with van der Waals surface area (Å²) in [7, 11) is 0. The lowest BCUT2D eigenvalue weighted by Crippen LogP contribution is -2.29. The SMILES string of the molecule is CC(C)(C)OC(=O)C1=C[C@@H](O)[C@@H](N)C1. The summed E-state index contributed by atoms with van der Waals surface area (Å²) < 4.78 is 5.14. The van der Waals surface area contributed by atoms with Crippen molar-refractivity contribution in [2.24, 2.45) is 5.73 Å². The van der Waals surface area contributed by atoms with Gasteiger partial charge in [-0.15, -0.1) is 0 Å². The van der Waals surface area contributed by atoms with E-state index >= 15 is 0 Å². The zero-order valence-corrected chi connectivity index (χ0v) is 8.78. The fourth-order valence-electron chi connectivity index (χ4n) is 1.27. The number of ether oxygens (including phenoxy) is 1. The van der Waals surface area contributed by atoms with Crippen molar-refractivity contribution in [1.82, 2.24) is 0 Å². The van der Waals surface area contributed by atoms with Crippen molar-refractivity contribution in [3.8, 4) is 0 Å². The van der Waals surface area contributed by atoms with E-state index in [1.165, 1.54) is 6.08 Å². The van der Waals surface area contributed by atoms with Crippen LogP contribution in [0, 0.1) is 0 Å². The topological polar surface area (TPSA) is 72.5 Å². The maximum Gasteiger partial charge on any atom is 0.334 e. The molecule has 2 atom stereocenters. The minimum absolute atomic E-state index is 0.377. The van der Waals surface area contributed by atoms with Gasteiger partial charge in [0.15, 0.2) is 0 Å². The molecule has 0 aromatic rings. The molecule has 1 rings (SSSR count). The molecule has 0 heterocycles. The Balaban J connectivity index is 2.60. The standard InChI is InChI=1S/C10H17NO3/c1-10(2,3)14-9(13)6-4-7(11)8(12)5-6/h5,7-8,12H,4,11H2,1-3H3/t7-,8+/m0/s1. The van der Waals surface area contributed by atoms with Gasteiger partial charge in [0.2, 0.25) is 0 Å². The molecule has 80 valence electrons. The van der Waals surface area contributed by atoms with Crippen LogP contribution in [0.5, 0.6) is 0 Å². The molecule has 0 unspecified atom stereocenters. The fraction of sp³-hybridized carbons (Fsp3) is 0.700. The van der Waals surface area contributed by atoms with Crippen molar-refractivity contribution < 1.29 is 14.6 Å². The molecular formula is C10H17NO3. The smallest absolute Gasteiger partial charge is 0.334 e. The average molecular weight is 199 g/mol. The zero-order chi connectivity index (χ0) is 10.9. The van der Waals surface area contributed by atoms with Gasteiger partial charge in [-0.05, 0) is 33.3 Å². The van der Waals surface area contributed by atoms with Gasteiger partial charge in [-0.2, -0.15) is 0 Å². The first-order chi connectivity index (χ1) is 6.29. The molecule has 4 nitrogen and oxygen atoms in total. The van der Waals surface area contributed by atoms with E-state index in [9.17, 15) is 9.90 Å². The molecule has 0 saturated heterocycles. The second kappa shape index (κ2) is 3.71.